The number of rotatable bonds is 7. The van der Waals surface area contributed by atoms with E-state index in [9.17, 15) is 4.79 Å². The number of piperidine rings is 1. The van der Waals surface area contributed by atoms with Gasteiger partial charge in [0.1, 0.15) is 5.82 Å². The summed E-state index contributed by atoms with van der Waals surface area (Å²) in [6.07, 6.45) is 2.26. The third-order valence-corrected chi connectivity index (χ3v) is 5.15. The molecule has 0 bridgehead atoms. The summed E-state index contributed by atoms with van der Waals surface area (Å²) < 4.78 is 3.52. The van der Waals surface area contributed by atoms with E-state index >= 15 is 0 Å². The van der Waals surface area contributed by atoms with Gasteiger partial charge in [0, 0.05) is 32.1 Å². The van der Waals surface area contributed by atoms with Crippen LogP contribution in [0.5, 0.6) is 0 Å². The standard InChI is InChI=1S/C20H31N5O/c1-4-24-19(21-25(20(24)26)14-13-22(2)3)18-11-8-12-23(16-18)15-17-9-6-5-7-10-17/h5-7,9-10,18H,4,8,11-16H2,1-3H3/t18-/m0/s1. The van der Waals surface area contributed by atoms with Gasteiger partial charge in [-0.3, -0.25) is 9.47 Å². The zero-order valence-electron chi connectivity index (χ0n) is 16.3. The van der Waals surface area contributed by atoms with Crippen LogP contribution in [0.2, 0.25) is 0 Å². The van der Waals surface area contributed by atoms with Crippen molar-refractivity contribution in [1.29, 1.82) is 0 Å². The van der Waals surface area contributed by atoms with E-state index in [1.54, 1.807) is 4.68 Å². The molecular formula is C20H31N5O. The summed E-state index contributed by atoms with van der Waals surface area (Å²) in [5.41, 5.74) is 1.38. The molecule has 0 amide bonds. The van der Waals surface area contributed by atoms with Gasteiger partial charge in [-0.2, -0.15) is 5.10 Å². The number of benzene rings is 1. The number of hydrogen-bond donors (Lipinski definition) is 0. The van der Waals surface area contributed by atoms with Crippen LogP contribution in [-0.4, -0.2) is 57.9 Å². The average molecular weight is 358 g/mol. The molecule has 26 heavy (non-hydrogen) atoms. The maximum Gasteiger partial charge on any atom is 0.345 e. The van der Waals surface area contributed by atoms with Crippen LogP contribution in [0.4, 0.5) is 0 Å². The molecule has 0 saturated carbocycles. The van der Waals surface area contributed by atoms with Crippen molar-refractivity contribution < 1.29 is 0 Å². The van der Waals surface area contributed by atoms with E-state index in [0.29, 0.717) is 19.0 Å². The first-order valence-electron chi connectivity index (χ1n) is 9.67. The fraction of sp³-hybridized carbons (Fsp3) is 0.600. The summed E-state index contributed by atoms with van der Waals surface area (Å²) in [6, 6.07) is 10.6. The lowest BCUT2D eigenvalue weighted by atomic mass is 9.96. The van der Waals surface area contributed by atoms with Crippen LogP contribution in [0.25, 0.3) is 0 Å². The number of nitrogens with zero attached hydrogens (tertiary/aromatic N) is 5. The molecule has 0 unspecified atom stereocenters. The van der Waals surface area contributed by atoms with Crippen molar-refractivity contribution in [2.75, 3.05) is 33.7 Å². The number of aromatic nitrogens is 3. The third-order valence-electron chi connectivity index (χ3n) is 5.15. The highest BCUT2D eigenvalue weighted by atomic mass is 16.2. The minimum atomic E-state index is 0.0320. The molecule has 3 rings (SSSR count). The van der Waals surface area contributed by atoms with Gasteiger partial charge in [-0.25, -0.2) is 9.48 Å². The van der Waals surface area contributed by atoms with Crippen LogP contribution in [0.3, 0.4) is 0 Å². The smallest absolute Gasteiger partial charge is 0.308 e. The van der Waals surface area contributed by atoms with Crippen molar-refractivity contribution in [1.82, 2.24) is 24.1 Å². The van der Waals surface area contributed by atoms with Crippen LogP contribution in [0.1, 0.15) is 37.1 Å². The Hall–Kier alpha value is -1.92. The average Bonchev–Trinajstić information content (AvgIpc) is 2.97. The molecule has 0 aliphatic carbocycles. The Balaban J connectivity index is 1.75. The summed E-state index contributed by atoms with van der Waals surface area (Å²) in [5.74, 6) is 1.30. The molecule has 6 heteroatoms. The zero-order chi connectivity index (χ0) is 18.5. The third kappa shape index (κ3) is 4.43. The van der Waals surface area contributed by atoms with Gasteiger partial charge >= 0.3 is 5.69 Å². The quantitative estimate of drug-likeness (QED) is 0.760. The molecule has 2 aromatic rings. The fourth-order valence-electron chi connectivity index (χ4n) is 3.75. The highest BCUT2D eigenvalue weighted by Gasteiger charge is 2.27. The Bertz CT molecular complexity index is 749. The Labute approximate surface area is 156 Å². The predicted octanol–water partition coefficient (Wildman–Crippen LogP) is 2.01. The van der Waals surface area contributed by atoms with Gasteiger partial charge in [0.15, 0.2) is 0 Å². The molecule has 1 aliphatic heterocycles. The monoisotopic (exact) mass is 357 g/mol. The second kappa shape index (κ2) is 8.64. The summed E-state index contributed by atoms with van der Waals surface area (Å²) in [6.45, 7) is 7.24. The first-order chi connectivity index (χ1) is 12.6. The van der Waals surface area contributed by atoms with Crippen molar-refractivity contribution >= 4 is 0 Å². The Morgan fingerprint density at radius 3 is 2.69 bits per heavy atom. The van der Waals surface area contributed by atoms with Gasteiger partial charge in [-0.05, 0) is 46.0 Å². The van der Waals surface area contributed by atoms with E-state index in [4.69, 9.17) is 5.10 Å². The minimum absolute atomic E-state index is 0.0320. The van der Waals surface area contributed by atoms with E-state index in [1.807, 2.05) is 25.6 Å². The van der Waals surface area contributed by atoms with Crippen molar-refractivity contribution in [2.45, 2.75) is 45.3 Å². The van der Waals surface area contributed by atoms with Crippen molar-refractivity contribution in [3.63, 3.8) is 0 Å². The molecule has 2 heterocycles. The van der Waals surface area contributed by atoms with Crippen LogP contribution >= 0.6 is 0 Å². The first-order valence-corrected chi connectivity index (χ1v) is 9.67. The number of hydrogen-bond acceptors (Lipinski definition) is 4. The summed E-state index contributed by atoms with van der Waals surface area (Å²) in [5, 5.41) is 4.73. The first kappa shape index (κ1) is 18.9. The maximum absolute atomic E-state index is 12.7. The predicted molar refractivity (Wildman–Crippen MR) is 104 cm³/mol. The van der Waals surface area contributed by atoms with Crippen LogP contribution in [0, 0.1) is 0 Å². The SMILES string of the molecule is CCn1c([C@H]2CCCN(Cc3ccccc3)C2)nn(CCN(C)C)c1=O. The van der Waals surface area contributed by atoms with Crippen molar-refractivity contribution in [3.05, 3.63) is 52.2 Å². The lowest BCUT2D eigenvalue weighted by Gasteiger charge is -2.32. The summed E-state index contributed by atoms with van der Waals surface area (Å²) >= 11 is 0. The number of likely N-dealkylation sites (N-methyl/N-ethyl adjacent to an activating group) is 1. The Kier molecular flexibility index (Phi) is 6.27. The van der Waals surface area contributed by atoms with Gasteiger partial charge in [0.25, 0.3) is 0 Å². The lowest BCUT2D eigenvalue weighted by Crippen LogP contribution is -2.35. The molecule has 0 N–H and O–H groups in total. The van der Waals surface area contributed by atoms with Gasteiger partial charge in [-0.1, -0.05) is 30.3 Å². The van der Waals surface area contributed by atoms with Gasteiger partial charge in [0.2, 0.25) is 0 Å². The summed E-state index contributed by atoms with van der Waals surface area (Å²) in [4.78, 5) is 17.3. The second-order valence-corrected chi connectivity index (χ2v) is 7.47. The topological polar surface area (TPSA) is 46.3 Å². The summed E-state index contributed by atoms with van der Waals surface area (Å²) in [7, 11) is 4.04. The highest BCUT2D eigenvalue weighted by Crippen LogP contribution is 2.26. The largest absolute Gasteiger partial charge is 0.345 e. The van der Waals surface area contributed by atoms with Crippen molar-refractivity contribution in [3.8, 4) is 0 Å². The van der Waals surface area contributed by atoms with E-state index in [2.05, 4.69) is 40.1 Å². The molecule has 0 spiro atoms. The van der Waals surface area contributed by atoms with Crippen LogP contribution in [-0.2, 0) is 19.6 Å². The Morgan fingerprint density at radius 2 is 2.00 bits per heavy atom. The van der Waals surface area contributed by atoms with E-state index in [-0.39, 0.29) is 5.69 Å². The number of likely N-dealkylation sites (tertiary alicyclic amines) is 1. The molecule has 0 radical (unpaired) electrons. The molecule has 1 aliphatic rings. The molecule has 1 aromatic heterocycles. The van der Waals surface area contributed by atoms with Gasteiger partial charge < -0.3 is 4.90 Å². The normalized spacial score (nSPS) is 18.5. The molecule has 1 atom stereocenters. The van der Waals surface area contributed by atoms with E-state index < -0.39 is 0 Å². The Morgan fingerprint density at radius 1 is 1.23 bits per heavy atom. The fourth-order valence-corrected chi connectivity index (χ4v) is 3.75. The van der Waals surface area contributed by atoms with Crippen LogP contribution in [0.15, 0.2) is 35.1 Å². The highest BCUT2D eigenvalue weighted by molar-refractivity contribution is 5.15. The molecule has 1 saturated heterocycles. The van der Waals surface area contributed by atoms with E-state index in [1.165, 1.54) is 5.56 Å². The molecule has 1 aromatic carbocycles. The van der Waals surface area contributed by atoms with E-state index in [0.717, 1.165) is 44.8 Å². The molecule has 6 nitrogen and oxygen atoms in total. The van der Waals surface area contributed by atoms with Gasteiger partial charge in [-0.15, -0.1) is 0 Å². The van der Waals surface area contributed by atoms with Crippen LogP contribution < -0.4 is 5.69 Å². The minimum Gasteiger partial charge on any atom is -0.308 e. The van der Waals surface area contributed by atoms with Gasteiger partial charge in [0.05, 0.1) is 6.54 Å². The lowest BCUT2D eigenvalue weighted by molar-refractivity contribution is 0.194. The molecular weight excluding hydrogens is 326 g/mol. The molecule has 142 valence electrons. The van der Waals surface area contributed by atoms with Crippen molar-refractivity contribution in [2.24, 2.45) is 0 Å². The second-order valence-electron chi connectivity index (χ2n) is 7.47. The maximum atomic E-state index is 12.7. The zero-order valence-corrected chi connectivity index (χ0v) is 16.3. The molecule has 1 fully saturated rings.